The van der Waals surface area contributed by atoms with Crippen molar-refractivity contribution in [2.45, 2.75) is 18.5 Å². The zero-order valence-corrected chi connectivity index (χ0v) is 21.5. The van der Waals surface area contributed by atoms with Crippen molar-refractivity contribution >= 4 is 45.8 Å². The third-order valence-electron chi connectivity index (χ3n) is 8.68. The number of morpholine rings is 1. The number of anilines is 2. The van der Waals surface area contributed by atoms with Gasteiger partial charge in [0.1, 0.15) is 12.1 Å². The van der Waals surface area contributed by atoms with E-state index in [1.165, 1.54) is 9.80 Å². The van der Waals surface area contributed by atoms with Gasteiger partial charge in [-0.25, -0.2) is 4.90 Å². The Hall–Kier alpha value is -4.08. The zero-order chi connectivity index (χ0) is 26.9. The van der Waals surface area contributed by atoms with E-state index in [0.717, 1.165) is 10.8 Å². The highest BCUT2D eigenvalue weighted by atomic mass is 16.5. The predicted molar refractivity (Wildman–Crippen MR) is 144 cm³/mol. The molecule has 4 aliphatic rings. The van der Waals surface area contributed by atoms with Gasteiger partial charge in [-0.2, -0.15) is 0 Å². The number of amides is 4. The summed E-state index contributed by atoms with van der Waals surface area (Å²) in [6.45, 7) is 3.58. The van der Waals surface area contributed by atoms with Crippen molar-refractivity contribution in [2.75, 3.05) is 42.6 Å². The molecule has 3 fully saturated rings. The molecule has 0 aliphatic carbocycles. The number of hydrogen-bond acceptors (Lipinski definition) is 6. The third-order valence-corrected chi connectivity index (χ3v) is 8.68. The minimum absolute atomic E-state index is 0.139. The van der Waals surface area contributed by atoms with Gasteiger partial charge in [0.15, 0.2) is 0 Å². The van der Waals surface area contributed by atoms with Gasteiger partial charge in [-0.05, 0) is 24.4 Å². The second-order valence-electron chi connectivity index (χ2n) is 10.7. The minimum Gasteiger partial charge on any atom is -0.378 e. The van der Waals surface area contributed by atoms with Crippen LogP contribution in [-0.4, -0.2) is 67.4 Å². The number of carbonyl (C=O) groups excluding carboxylic acids is 4. The molecule has 0 radical (unpaired) electrons. The van der Waals surface area contributed by atoms with E-state index in [1.54, 1.807) is 17.0 Å². The molecule has 1 spiro atoms. The predicted octanol–water partition coefficient (Wildman–Crippen LogP) is 2.04. The van der Waals surface area contributed by atoms with Gasteiger partial charge in [-0.3, -0.25) is 24.5 Å². The molecule has 39 heavy (non-hydrogen) atoms. The number of nitrogens with zero attached hydrogens (tertiary/aromatic N) is 3. The maximum absolute atomic E-state index is 14.4. The van der Waals surface area contributed by atoms with Crippen LogP contribution in [0.15, 0.2) is 66.7 Å². The number of rotatable bonds is 3. The van der Waals surface area contributed by atoms with Gasteiger partial charge in [0, 0.05) is 35.8 Å². The van der Waals surface area contributed by atoms with Crippen LogP contribution >= 0.6 is 0 Å². The number of carbonyl (C=O) groups is 4. The number of ether oxygens (including phenoxy) is 1. The van der Waals surface area contributed by atoms with Crippen molar-refractivity contribution in [3.8, 4) is 0 Å². The first-order valence-electron chi connectivity index (χ1n) is 13.3. The largest absolute Gasteiger partial charge is 0.378 e. The number of imide groups is 1. The van der Waals surface area contributed by atoms with Crippen molar-refractivity contribution in [1.82, 2.24) is 10.2 Å². The first kappa shape index (κ1) is 24.0. The first-order valence-corrected chi connectivity index (χ1v) is 13.3. The molecule has 3 aromatic carbocycles. The highest BCUT2D eigenvalue weighted by molar-refractivity contribution is 6.28. The van der Waals surface area contributed by atoms with E-state index in [2.05, 4.69) is 5.32 Å². The quantitative estimate of drug-likeness (QED) is 0.527. The monoisotopic (exact) mass is 524 g/mol. The molecule has 1 N–H and O–H groups in total. The van der Waals surface area contributed by atoms with Gasteiger partial charge in [0.05, 0.1) is 30.7 Å². The Kier molecular flexibility index (Phi) is 5.37. The van der Waals surface area contributed by atoms with Crippen LogP contribution in [0.4, 0.5) is 11.4 Å². The first-order chi connectivity index (χ1) is 18.9. The second-order valence-corrected chi connectivity index (χ2v) is 10.7. The van der Waals surface area contributed by atoms with E-state index in [-0.39, 0.29) is 24.3 Å². The number of fused-ring (bicyclic) bond motifs is 5. The molecule has 4 atom stereocenters. The Morgan fingerprint density at radius 1 is 0.923 bits per heavy atom. The van der Waals surface area contributed by atoms with Crippen molar-refractivity contribution in [1.29, 1.82) is 0 Å². The molecule has 7 rings (SSSR count). The summed E-state index contributed by atoms with van der Waals surface area (Å²) in [4.78, 5) is 60.3. The highest BCUT2D eigenvalue weighted by Gasteiger charge is 2.71. The second kappa shape index (κ2) is 8.72. The van der Waals surface area contributed by atoms with Crippen LogP contribution in [0, 0.1) is 11.8 Å². The Labute approximate surface area is 225 Å². The molecular weight excluding hydrogens is 496 g/mol. The fourth-order valence-electron chi connectivity index (χ4n) is 6.95. The van der Waals surface area contributed by atoms with Crippen molar-refractivity contribution in [2.24, 2.45) is 11.8 Å². The highest BCUT2D eigenvalue weighted by Crippen LogP contribution is 2.55. The lowest BCUT2D eigenvalue weighted by Crippen LogP contribution is -2.56. The van der Waals surface area contributed by atoms with E-state index in [0.29, 0.717) is 43.2 Å². The summed E-state index contributed by atoms with van der Waals surface area (Å²) in [6.07, 6.45) is 0. The minimum atomic E-state index is -1.43. The number of hydrogen-bond donors (Lipinski definition) is 1. The van der Waals surface area contributed by atoms with Crippen LogP contribution in [0.3, 0.4) is 0 Å². The maximum Gasteiger partial charge on any atom is 0.253 e. The molecule has 4 heterocycles. The molecule has 9 heteroatoms. The van der Waals surface area contributed by atoms with Crippen LogP contribution in [-0.2, 0) is 29.5 Å². The fraction of sp³-hybridized carbons (Fsp3) is 0.333. The normalized spacial score (nSPS) is 28.1. The van der Waals surface area contributed by atoms with Gasteiger partial charge in [0.2, 0.25) is 17.7 Å². The number of benzene rings is 3. The van der Waals surface area contributed by atoms with Gasteiger partial charge < -0.3 is 14.5 Å². The standard InChI is InChI=1S/C30H28N4O5/c1-18-25-26(28(37)34(27(25)36)22-12-6-8-19-7-2-3-9-20(19)22)30(31-18)21-10-4-5-11-23(21)33(29(30)38)17-24(35)32-13-15-39-16-14-32/h2-12,18,25-26,31H,13-17H2,1H3/t18-,25-,26+,30+/m1/s1. The van der Waals surface area contributed by atoms with Crippen LogP contribution in [0.25, 0.3) is 10.8 Å². The number of para-hydroxylation sites is 1. The van der Waals surface area contributed by atoms with Gasteiger partial charge in [-0.15, -0.1) is 0 Å². The summed E-state index contributed by atoms with van der Waals surface area (Å²) in [6, 6.07) is 20.0. The fourth-order valence-corrected chi connectivity index (χ4v) is 6.95. The Morgan fingerprint density at radius 3 is 2.44 bits per heavy atom. The molecular formula is C30H28N4O5. The molecule has 4 amide bonds. The summed E-state index contributed by atoms with van der Waals surface area (Å²) in [5, 5.41) is 5.10. The molecule has 9 nitrogen and oxygen atoms in total. The van der Waals surface area contributed by atoms with E-state index in [9.17, 15) is 19.2 Å². The van der Waals surface area contributed by atoms with Crippen molar-refractivity contribution in [3.05, 3.63) is 72.3 Å². The van der Waals surface area contributed by atoms with Gasteiger partial charge >= 0.3 is 0 Å². The molecule has 3 aromatic rings. The average molecular weight is 525 g/mol. The topological polar surface area (TPSA) is 99.3 Å². The maximum atomic E-state index is 14.4. The number of nitrogens with one attached hydrogen (secondary N) is 1. The van der Waals surface area contributed by atoms with Crippen LogP contribution < -0.4 is 15.1 Å². The summed E-state index contributed by atoms with van der Waals surface area (Å²) in [7, 11) is 0. The summed E-state index contributed by atoms with van der Waals surface area (Å²) in [5.41, 5.74) is 0.314. The molecule has 3 saturated heterocycles. The molecule has 198 valence electrons. The molecule has 0 aromatic heterocycles. The SMILES string of the molecule is C[C@H]1N[C@]2(C(=O)N(CC(=O)N3CCOCC3)c3ccccc32)[C@@H]2C(=O)N(c3cccc4ccccc34)C(=O)[C@@H]21. The van der Waals surface area contributed by atoms with Crippen LogP contribution in [0.5, 0.6) is 0 Å². The van der Waals surface area contributed by atoms with E-state index >= 15 is 0 Å². The molecule has 0 bridgehead atoms. The lowest BCUT2D eigenvalue weighted by Gasteiger charge is -2.31. The summed E-state index contributed by atoms with van der Waals surface area (Å²) >= 11 is 0. The summed E-state index contributed by atoms with van der Waals surface area (Å²) < 4.78 is 5.37. The van der Waals surface area contributed by atoms with Crippen LogP contribution in [0.1, 0.15) is 12.5 Å². The smallest absolute Gasteiger partial charge is 0.253 e. The van der Waals surface area contributed by atoms with E-state index in [4.69, 9.17) is 4.74 Å². The molecule has 4 aliphatic heterocycles. The lowest BCUT2D eigenvalue weighted by molar-refractivity contribution is -0.136. The zero-order valence-electron chi connectivity index (χ0n) is 21.5. The Bertz CT molecular complexity index is 1540. The summed E-state index contributed by atoms with van der Waals surface area (Å²) in [5.74, 6) is -2.91. The Morgan fingerprint density at radius 2 is 1.62 bits per heavy atom. The molecule has 0 unspecified atom stereocenters. The van der Waals surface area contributed by atoms with Crippen molar-refractivity contribution < 1.29 is 23.9 Å². The van der Waals surface area contributed by atoms with Gasteiger partial charge in [-0.1, -0.05) is 54.6 Å². The van der Waals surface area contributed by atoms with Crippen molar-refractivity contribution in [3.63, 3.8) is 0 Å². The van der Waals surface area contributed by atoms with Crippen LogP contribution in [0.2, 0.25) is 0 Å². The third kappa shape index (κ3) is 3.26. The lowest BCUT2D eigenvalue weighted by atomic mass is 9.76. The van der Waals surface area contributed by atoms with E-state index < -0.39 is 29.3 Å². The van der Waals surface area contributed by atoms with E-state index in [1.807, 2.05) is 61.5 Å². The van der Waals surface area contributed by atoms with Gasteiger partial charge in [0.25, 0.3) is 5.91 Å². The molecule has 0 saturated carbocycles. The Balaban J connectivity index is 1.31. The average Bonchev–Trinajstić information content (AvgIpc) is 3.51.